The zero-order valence-corrected chi connectivity index (χ0v) is 18.8. The highest BCUT2D eigenvalue weighted by atomic mass is 16.7. The van der Waals surface area contributed by atoms with Crippen molar-refractivity contribution in [3.05, 3.63) is 6.07 Å². The van der Waals surface area contributed by atoms with Crippen LogP contribution in [-0.4, -0.2) is 100 Å². The third-order valence-electron chi connectivity index (χ3n) is 7.41. The SMILES string of the molecule is c1c(N2CCNCC2)nc(N2CCC3(CC2)OCCO3)nc1N1CCC2(CC1)OCCO2. The Bertz CT molecular complexity index is 733. The zero-order valence-electron chi connectivity index (χ0n) is 18.8. The molecule has 1 aromatic rings. The number of anilines is 3. The summed E-state index contributed by atoms with van der Waals surface area (Å²) in [5.74, 6) is 2.07. The number of hydrogen-bond acceptors (Lipinski definition) is 10. The van der Waals surface area contributed by atoms with Crippen molar-refractivity contribution in [1.29, 1.82) is 0 Å². The molecule has 0 amide bonds. The minimum atomic E-state index is -0.391. The Balaban J connectivity index is 1.23. The highest BCUT2D eigenvalue weighted by Gasteiger charge is 2.42. The zero-order chi connectivity index (χ0) is 21.4. The number of aromatic nitrogens is 2. The van der Waals surface area contributed by atoms with E-state index in [9.17, 15) is 0 Å². The van der Waals surface area contributed by atoms with E-state index >= 15 is 0 Å². The van der Waals surface area contributed by atoms with Crippen LogP contribution in [0.4, 0.5) is 17.6 Å². The summed E-state index contributed by atoms with van der Waals surface area (Å²) in [5.41, 5.74) is 0. The van der Waals surface area contributed by atoms with Crippen LogP contribution < -0.4 is 20.0 Å². The molecule has 0 aliphatic carbocycles. The molecule has 5 aliphatic heterocycles. The van der Waals surface area contributed by atoms with Gasteiger partial charge in [0.1, 0.15) is 11.6 Å². The molecule has 176 valence electrons. The van der Waals surface area contributed by atoms with Crippen LogP contribution in [0.1, 0.15) is 25.7 Å². The Morgan fingerprint density at radius 1 is 0.625 bits per heavy atom. The van der Waals surface area contributed by atoms with E-state index in [2.05, 4.69) is 26.1 Å². The lowest BCUT2D eigenvalue weighted by Gasteiger charge is -2.40. The van der Waals surface area contributed by atoms with Crippen LogP contribution in [0.5, 0.6) is 0 Å². The summed E-state index contributed by atoms with van der Waals surface area (Å²) < 4.78 is 23.7. The number of nitrogens with zero attached hydrogens (tertiary/aromatic N) is 5. The molecule has 0 unspecified atom stereocenters. The van der Waals surface area contributed by atoms with Crippen molar-refractivity contribution in [3.8, 4) is 0 Å². The topological polar surface area (TPSA) is 84.5 Å². The standard InChI is InChI=1S/C22H34N6O4/c1-7-26(8-2-21(1)29-13-14-30-21)18-17-19(27-11-5-23-6-12-27)25-20(24-18)28-9-3-22(4-10-28)31-15-16-32-22/h17,23H,1-16H2. The fourth-order valence-corrected chi connectivity index (χ4v) is 5.46. The summed E-state index contributed by atoms with van der Waals surface area (Å²) in [6.07, 6.45) is 3.45. The molecule has 5 saturated heterocycles. The van der Waals surface area contributed by atoms with Gasteiger partial charge in [-0.3, -0.25) is 0 Å². The minimum Gasteiger partial charge on any atom is -0.356 e. The van der Waals surface area contributed by atoms with Crippen molar-refractivity contribution < 1.29 is 18.9 Å². The van der Waals surface area contributed by atoms with Gasteiger partial charge in [-0.15, -0.1) is 0 Å². The summed E-state index contributed by atoms with van der Waals surface area (Å²) in [4.78, 5) is 17.1. The van der Waals surface area contributed by atoms with Crippen LogP contribution in [0.2, 0.25) is 0 Å². The molecular weight excluding hydrogens is 412 g/mol. The molecule has 0 atom stereocenters. The van der Waals surface area contributed by atoms with Crippen LogP contribution in [0, 0.1) is 0 Å². The number of ether oxygens (including phenoxy) is 4. The molecule has 10 nitrogen and oxygen atoms in total. The molecule has 6 rings (SSSR count). The lowest BCUT2D eigenvalue weighted by atomic mass is 10.0. The van der Waals surface area contributed by atoms with Gasteiger partial charge >= 0.3 is 0 Å². The largest absolute Gasteiger partial charge is 0.356 e. The van der Waals surface area contributed by atoms with Crippen molar-refractivity contribution in [2.75, 3.05) is 93.5 Å². The minimum absolute atomic E-state index is 0.379. The molecule has 1 aromatic heterocycles. The number of piperidine rings is 2. The first-order chi connectivity index (χ1) is 15.7. The average Bonchev–Trinajstić information content (AvgIpc) is 3.50. The number of piperazine rings is 1. The Kier molecular flexibility index (Phi) is 5.58. The third-order valence-corrected chi connectivity index (χ3v) is 7.41. The van der Waals surface area contributed by atoms with E-state index in [1.807, 2.05) is 0 Å². The van der Waals surface area contributed by atoms with Gasteiger partial charge in [0.25, 0.3) is 0 Å². The Labute approximate surface area is 189 Å². The Morgan fingerprint density at radius 3 is 1.56 bits per heavy atom. The molecule has 0 bridgehead atoms. The van der Waals surface area contributed by atoms with Crippen molar-refractivity contribution in [1.82, 2.24) is 15.3 Å². The van der Waals surface area contributed by atoms with Crippen LogP contribution >= 0.6 is 0 Å². The van der Waals surface area contributed by atoms with Crippen molar-refractivity contribution in [3.63, 3.8) is 0 Å². The van der Waals surface area contributed by atoms with E-state index in [1.165, 1.54) is 0 Å². The molecule has 5 fully saturated rings. The summed E-state index contributed by atoms with van der Waals surface area (Å²) in [6, 6.07) is 2.16. The first kappa shape index (κ1) is 20.9. The maximum absolute atomic E-state index is 5.92. The molecule has 0 radical (unpaired) electrons. The lowest BCUT2D eigenvalue weighted by molar-refractivity contribution is -0.169. The third kappa shape index (κ3) is 4.03. The van der Waals surface area contributed by atoms with Crippen LogP contribution in [0.25, 0.3) is 0 Å². The molecule has 6 heterocycles. The second-order valence-electron chi connectivity index (χ2n) is 9.31. The van der Waals surface area contributed by atoms with E-state index < -0.39 is 5.79 Å². The van der Waals surface area contributed by atoms with Crippen LogP contribution in [-0.2, 0) is 18.9 Å². The van der Waals surface area contributed by atoms with Crippen molar-refractivity contribution in [2.45, 2.75) is 37.3 Å². The molecule has 1 N–H and O–H groups in total. The quantitative estimate of drug-likeness (QED) is 0.711. The van der Waals surface area contributed by atoms with E-state index in [0.717, 1.165) is 95.6 Å². The summed E-state index contributed by atoms with van der Waals surface area (Å²) in [7, 11) is 0. The fourth-order valence-electron chi connectivity index (χ4n) is 5.46. The number of nitrogens with one attached hydrogen (secondary N) is 1. The van der Waals surface area contributed by atoms with E-state index in [4.69, 9.17) is 28.9 Å². The molecule has 0 aromatic carbocycles. The first-order valence-corrected chi connectivity index (χ1v) is 12.1. The van der Waals surface area contributed by atoms with E-state index in [-0.39, 0.29) is 5.79 Å². The number of hydrogen-bond donors (Lipinski definition) is 1. The maximum atomic E-state index is 5.92. The average molecular weight is 447 g/mol. The normalized spacial score (nSPS) is 27.6. The summed E-state index contributed by atoms with van der Waals surface area (Å²) in [5, 5.41) is 3.43. The second-order valence-corrected chi connectivity index (χ2v) is 9.31. The Morgan fingerprint density at radius 2 is 1.06 bits per heavy atom. The maximum Gasteiger partial charge on any atom is 0.229 e. The van der Waals surface area contributed by atoms with E-state index in [0.29, 0.717) is 26.4 Å². The van der Waals surface area contributed by atoms with Gasteiger partial charge in [0, 0.05) is 84.1 Å². The van der Waals surface area contributed by atoms with Gasteiger partial charge in [-0.25, -0.2) is 0 Å². The fraction of sp³-hybridized carbons (Fsp3) is 0.818. The molecule has 32 heavy (non-hydrogen) atoms. The molecule has 5 aliphatic rings. The molecule has 10 heteroatoms. The molecular formula is C22H34N6O4. The van der Waals surface area contributed by atoms with Gasteiger partial charge in [0.15, 0.2) is 11.6 Å². The summed E-state index contributed by atoms with van der Waals surface area (Å²) >= 11 is 0. The van der Waals surface area contributed by atoms with E-state index in [1.54, 1.807) is 0 Å². The first-order valence-electron chi connectivity index (χ1n) is 12.1. The van der Waals surface area contributed by atoms with Crippen molar-refractivity contribution >= 4 is 17.6 Å². The van der Waals surface area contributed by atoms with Gasteiger partial charge in [-0.1, -0.05) is 0 Å². The molecule has 0 saturated carbocycles. The van der Waals surface area contributed by atoms with Gasteiger partial charge in [-0.05, 0) is 0 Å². The summed E-state index contributed by atoms with van der Waals surface area (Å²) in [6.45, 7) is 10.1. The van der Waals surface area contributed by atoms with Gasteiger partial charge < -0.3 is 39.0 Å². The van der Waals surface area contributed by atoms with Crippen molar-refractivity contribution in [2.24, 2.45) is 0 Å². The van der Waals surface area contributed by atoms with Gasteiger partial charge in [0.05, 0.1) is 26.4 Å². The number of rotatable bonds is 3. The smallest absolute Gasteiger partial charge is 0.229 e. The predicted octanol–water partition coefficient (Wildman–Crippen LogP) is 0.573. The van der Waals surface area contributed by atoms with Gasteiger partial charge in [0.2, 0.25) is 5.95 Å². The molecule has 2 spiro atoms. The predicted molar refractivity (Wildman–Crippen MR) is 119 cm³/mol. The van der Waals surface area contributed by atoms with Gasteiger partial charge in [-0.2, -0.15) is 9.97 Å². The highest BCUT2D eigenvalue weighted by Crippen LogP contribution is 2.36. The van der Waals surface area contributed by atoms with Crippen LogP contribution in [0.15, 0.2) is 6.07 Å². The van der Waals surface area contributed by atoms with Crippen LogP contribution in [0.3, 0.4) is 0 Å². The Hall–Kier alpha value is -1.72. The highest BCUT2D eigenvalue weighted by molar-refractivity contribution is 5.56. The lowest BCUT2D eigenvalue weighted by Crippen LogP contribution is -2.47. The monoisotopic (exact) mass is 446 g/mol. The second kappa shape index (κ2) is 8.57.